The highest BCUT2D eigenvalue weighted by Gasteiger charge is 2.65. The van der Waals surface area contributed by atoms with Gasteiger partial charge in [0.25, 0.3) is 0 Å². The van der Waals surface area contributed by atoms with E-state index >= 15 is 0 Å². The molecule has 1 aromatic heterocycles. The van der Waals surface area contributed by atoms with Crippen molar-refractivity contribution in [2.24, 2.45) is 0 Å². The zero-order valence-corrected chi connectivity index (χ0v) is 30.3. The fraction of sp³-hybridized carbons (Fsp3) is 0.0847. The summed E-state index contributed by atoms with van der Waals surface area (Å²) < 4.78 is 3.19. The Morgan fingerprint density at radius 3 is 0.550 bits per heavy atom. The first-order valence-electron chi connectivity index (χ1n) is 23.0. The highest BCUT2D eigenvalue weighted by Crippen LogP contribution is 2.84. The molecule has 0 fully saturated rings. The maximum absolute atomic E-state index is 3.19. The topological polar surface area (TPSA) is 4.93 Å². The van der Waals surface area contributed by atoms with Crippen molar-refractivity contribution >= 4 is 215 Å². The minimum absolute atomic E-state index is 0.328. The van der Waals surface area contributed by atoms with Crippen LogP contribution in [0.1, 0.15) is 108 Å². The first-order valence-corrected chi connectivity index (χ1v) is 23.0. The zero-order chi connectivity index (χ0) is 34.6. The molecule has 4 atom stereocenters. The van der Waals surface area contributed by atoms with E-state index in [1.165, 1.54) is 0 Å². The van der Waals surface area contributed by atoms with Crippen molar-refractivity contribution in [1.29, 1.82) is 0 Å². The summed E-state index contributed by atoms with van der Waals surface area (Å²) in [7, 11) is 0. The van der Waals surface area contributed by atoms with Crippen molar-refractivity contribution in [2.45, 2.75) is 29.7 Å². The van der Waals surface area contributed by atoms with E-state index in [1.54, 1.807) is 282 Å². The van der Waals surface area contributed by atoms with Gasteiger partial charge < -0.3 is 4.57 Å². The Kier molecular flexibility index (Phi) is 1.54. The molecule has 0 spiro atoms. The van der Waals surface area contributed by atoms with Gasteiger partial charge in [-0.2, -0.15) is 0 Å². The molecule has 0 radical (unpaired) electrons. The summed E-state index contributed by atoms with van der Waals surface area (Å²) in [6.45, 7) is 0. The van der Waals surface area contributed by atoms with Crippen molar-refractivity contribution in [3.63, 3.8) is 0 Å². The minimum atomic E-state index is 0.328. The summed E-state index contributed by atoms with van der Waals surface area (Å²) in [6, 6.07) is 0.328. The Balaban J connectivity index is 1.27. The first-order chi connectivity index (χ1) is 30.0. The number of hydrogen-bond acceptors (Lipinski definition) is 0. The molecule has 0 bridgehead atoms. The average Bonchev–Trinajstić information content (AvgIpc) is 4.09. The third-order valence-corrected chi connectivity index (χ3v) is 23.5. The lowest BCUT2D eigenvalue weighted by atomic mass is 9.63. The van der Waals surface area contributed by atoms with Gasteiger partial charge in [0.15, 0.2) is 0 Å². The number of hydrogen-bond donors (Lipinski definition) is 0. The van der Waals surface area contributed by atoms with Crippen molar-refractivity contribution in [2.75, 3.05) is 0 Å². The van der Waals surface area contributed by atoms with Crippen LogP contribution < -0.4 is 0 Å². The molecule has 1 heteroatoms. The molecule has 21 aromatic carbocycles. The molecule has 32 rings (SSSR count). The van der Waals surface area contributed by atoms with E-state index in [-0.39, 0.29) is 0 Å². The lowest BCUT2D eigenvalue weighted by molar-refractivity contribution is 0.550. The summed E-state index contributed by atoms with van der Waals surface area (Å²) >= 11 is 0. The standard InChI is InChI=1S/C59H5N/c1-2-5-6-3(1)10-12-8-4(1)7-11-9(2)15-19-17(5)25-26-18(6)20-16(10)24-22(12)30-28-14(8)13(7)27-29-21(11)23(15)37-39-31(19)33(25)47-48-34(26)32(20)40-38(24)44-42(30)46-36(28)35(27)45-41(29)43(37)51-49(39)53(47)57-54(48)50(40)52(44)59-56(46)55(45)58(51)60(57)59/h45-46,51-52,57H. The van der Waals surface area contributed by atoms with Crippen LogP contribution in [0.2, 0.25) is 0 Å². The summed E-state index contributed by atoms with van der Waals surface area (Å²) in [5.41, 5.74) is 25.2. The SMILES string of the molecule is c12c3c4n5c1C1c6c7c8c9c(c%10c%11c%12c(c%13c%14c%15c(c%16c%17c%18c(c1c1c6c6c8c8c%19c9c%11c9c%11c%12c%14c%12c%14c%15c%17c%15c%17c%18c1c1c6c8c6c(c%199)c(c%11%12)c(c%14%15)c6c1%17)C%165)C%134)C3%10)C27. The second kappa shape index (κ2) is 4.47. The summed E-state index contributed by atoms with van der Waals surface area (Å²) in [6.07, 6.45) is 0. The second-order valence-electron chi connectivity index (χ2n) is 23.2. The summed E-state index contributed by atoms with van der Waals surface area (Å²) in [5.74, 6) is 1.53. The van der Waals surface area contributed by atoms with Crippen LogP contribution in [-0.2, 0) is 0 Å². The molecule has 4 unspecified atom stereocenters. The highest BCUT2D eigenvalue weighted by atomic mass is 15.1. The fourth-order valence-electron chi connectivity index (χ4n) is 23.8. The molecular formula is C59H5N. The number of rotatable bonds is 0. The van der Waals surface area contributed by atoms with Crippen molar-refractivity contribution in [3.8, 4) is 0 Å². The van der Waals surface area contributed by atoms with E-state index < -0.39 is 0 Å². The van der Waals surface area contributed by atoms with Crippen LogP contribution in [0.25, 0.3) is 215 Å². The summed E-state index contributed by atoms with van der Waals surface area (Å²) in [4.78, 5) is 0. The van der Waals surface area contributed by atoms with Gasteiger partial charge in [0.1, 0.15) is 0 Å². The van der Waals surface area contributed by atoms with Crippen LogP contribution in [0.4, 0.5) is 0 Å². The maximum Gasteiger partial charge on any atom is 0.0858 e. The molecule has 8 aliphatic carbocycles. The first kappa shape index (κ1) is 20.7. The molecule has 1 nitrogen and oxygen atoms in total. The highest BCUT2D eigenvalue weighted by molar-refractivity contribution is 6.77. The second-order valence-corrected chi connectivity index (χ2v) is 23.2. The number of aromatic nitrogens is 1. The third-order valence-electron chi connectivity index (χ3n) is 23.5. The van der Waals surface area contributed by atoms with E-state index in [1.807, 2.05) is 11.1 Å². The van der Waals surface area contributed by atoms with Crippen LogP contribution in [0.15, 0.2) is 0 Å². The van der Waals surface area contributed by atoms with Crippen molar-refractivity contribution in [3.05, 3.63) is 78.1 Å². The monoisotopic (exact) mass is 727 g/mol. The molecule has 3 heterocycles. The predicted octanol–water partition coefficient (Wildman–Crippen LogP) is 14.6. The molecule has 22 aromatic rings. The Morgan fingerprint density at radius 1 is 0.150 bits per heavy atom. The van der Waals surface area contributed by atoms with Gasteiger partial charge in [-0.1, -0.05) is 0 Å². The van der Waals surface area contributed by atoms with Gasteiger partial charge in [-0.05, 0) is 282 Å². The van der Waals surface area contributed by atoms with Gasteiger partial charge in [0.2, 0.25) is 0 Å². The van der Waals surface area contributed by atoms with Gasteiger partial charge in [0.05, 0.1) is 17.9 Å². The zero-order valence-electron chi connectivity index (χ0n) is 30.3. The molecular weight excluding hydrogens is 723 g/mol. The Morgan fingerprint density at radius 2 is 0.317 bits per heavy atom. The van der Waals surface area contributed by atoms with Gasteiger partial charge in [0, 0.05) is 23.2 Å². The smallest absolute Gasteiger partial charge is 0.0858 e. The molecule has 0 saturated carbocycles. The Labute approximate surface area is 326 Å². The van der Waals surface area contributed by atoms with Gasteiger partial charge in [-0.25, -0.2) is 0 Å². The number of nitrogens with zero attached hydrogens (tertiary/aromatic N) is 1. The Bertz CT molecular complexity index is 5170. The third kappa shape index (κ3) is 1.01. The van der Waals surface area contributed by atoms with E-state index in [0.29, 0.717) is 29.7 Å². The predicted molar refractivity (Wildman–Crippen MR) is 243 cm³/mol. The van der Waals surface area contributed by atoms with Crippen LogP contribution in [-0.4, -0.2) is 4.57 Å². The van der Waals surface area contributed by atoms with E-state index in [4.69, 9.17) is 0 Å². The van der Waals surface area contributed by atoms with Crippen LogP contribution in [0.3, 0.4) is 0 Å². The largest absolute Gasteiger partial charge is 0.335 e. The van der Waals surface area contributed by atoms with Gasteiger partial charge in [-0.15, -0.1) is 0 Å². The fourth-order valence-corrected chi connectivity index (χ4v) is 23.8. The van der Waals surface area contributed by atoms with E-state index in [0.717, 1.165) is 0 Å². The minimum Gasteiger partial charge on any atom is -0.335 e. The van der Waals surface area contributed by atoms with Crippen molar-refractivity contribution in [1.82, 2.24) is 4.57 Å². The average molecular weight is 728 g/mol. The normalized spacial score (nSPS) is 25.5. The number of benzene rings is 15. The molecule has 0 amide bonds. The van der Waals surface area contributed by atoms with Crippen LogP contribution >= 0.6 is 0 Å². The lowest BCUT2D eigenvalue weighted by Gasteiger charge is -2.41. The van der Waals surface area contributed by atoms with Crippen LogP contribution in [0, 0.1) is 0 Å². The molecule has 246 valence electrons. The van der Waals surface area contributed by atoms with Gasteiger partial charge in [-0.3, -0.25) is 0 Å². The van der Waals surface area contributed by atoms with E-state index in [2.05, 4.69) is 4.57 Å². The molecule has 60 heavy (non-hydrogen) atoms. The Hall–Kier alpha value is -7.22. The molecule has 0 N–H and O–H groups in total. The summed E-state index contributed by atoms with van der Waals surface area (Å²) in [5, 5.41) is 68.4. The quantitative estimate of drug-likeness (QED) is 0.137. The molecule has 2 aliphatic heterocycles. The van der Waals surface area contributed by atoms with Gasteiger partial charge >= 0.3 is 0 Å². The van der Waals surface area contributed by atoms with Crippen LogP contribution in [0.5, 0.6) is 0 Å². The van der Waals surface area contributed by atoms with Crippen molar-refractivity contribution < 1.29 is 0 Å². The van der Waals surface area contributed by atoms with E-state index in [9.17, 15) is 0 Å². The maximum atomic E-state index is 3.19. The lowest BCUT2D eigenvalue weighted by Crippen LogP contribution is -2.31. The molecule has 0 saturated heterocycles. The molecule has 10 aliphatic rings.